The van der Waals surface area contributed by atoms with E-state index in [4.69, 9.17) is 10.5 Å². The van der Waals surface area contributed by atoms with Gasteiger partial charge in [0.15, 0.2) is 5.17 Å². The van der Waals surface area contributed by atoms with Crippen molar-refractivity contribution in [2.24, 2.45) is 10.7 Å². The smallest absolute Gasteiger partial charge is 0.283 e. The topological polar surface area (TPSA) is 85.0 Å². The number of rotatable bonds is 5. The summed E-state index contributed by atoms with van der Waals surface area (Å²) >= 11 is 1.13. The Morgan fingerprint density at radius 3 is 2.58 bits per heavy atom. The number of anilines is 1. The number of primary amides is 1. The Kier molecular flexibility index (Phi) is 5.38. The molecule has 1 aliphatic heterocycles. The van der Waals surface area contributed by atoms with Crippen molar-refractivity contribution in [3.05, 3.63) is 65.9 Å². The summed E-state index contributed by atoms with van der Waals surface area (Å²) in [5.74, 6) is -0.0564. The Labute approximate surface area is 155 Å². The summed E-state index contributed by atoms with van der Waals surface area (Å²) < 4.78 is 5.32. The zero-order chi connectivity index (χ0) is 18.5. The number of para-hydroxylation sites is 2. The highest BCUT2D eigenvalue weighted by molar-refractivity contribution is 8.14. The number of carbonyl (C=O) groups excluding carboxylic acids is 2. The Morgan fingerprint density at radius 1 is 1.19 bits per heavy atom. The molecule has 1 aliphatic rings. The molecule has 26 heavy (non-hydrogen) atoms. The molecule has 0 spiro atoms. The summed E-state index contributed by atoms with van der Waals surface area (Å²) in [6.07, 6.45) is 1.68. The maximum absolute atomic E-state index is 12.9. The minimum atomic E-state index is -0.472. The van der Waals surface area contributed by atoms with Crippen LogP contribution in [-0.4, -0.2) is 29.8 Å². The van der Waals surface area contributed by atoms with Gasteiger partial charge in [0, 0.05) is 5.56 Å². The van der Waals surface area contributed by atoms with Crippen molar-refractivity contribution in [1.82, 2.24) is 0 Å². The number of methoxy groups -OCH3 is 1. The fraction of sp³-hybridized carbons (Fsp3) is 0.105. The molecule has 7 heteroatoms. The number of aliphatic imine (C=N–C) groups is 1. The van der Waals surface area contributed by atoms with Crippen LogP contribution in [0.2, 0.25) is 0 Å². The van der Waals surface area contributed by atoms with Gasteiger partial charge in [-0.25, -0.2) is 4.99 Å². The Hall–Kier alpha value is -3.06. The minimum Gasteiger partial charge on any atom is -0.496 e. The molecule has 0 aromatic heterocycles. The van der Waals surface area contributed by atoms with Gasteiger partial charge >= 0.3 is 0 Å². The number of nitrogens with two attached hydrogens (primary N) is 1. The van der Waals surface area contributed by atoms with Crippen molar-refractivity contribution in [1.29, 1.82) is 0 Å². The second-order valence-electron chi connectivity index (χ2n) is 5.40. The lowest BCUT2D eigenvalue weighted by atomic mass is 10.1. The van der Waals surface area contributed by atoms with Crippen molar-refractivity contribution >= 4 is 40.5 Å². The monoisotopic (exact) mass is 367 g/mol. The van der Waals surface area contributed by atoms with Crippen LogP contribution in [-0.2, 0) is 9.59 Å². The van der Waals surface area contributed by atoms with E-state index in [2.05, 4.69) is 4.99 Å². The molecule has 0 fully saturated rings. The molecule has 6 nitrogen and oxygen atoms in total. The predicted octanol–water partition coefficient (Wildman–Crippen LogP) is 2.66. The molecule has 2 amide bonds. The summed E-state index contributed by atoms with van der Waals surface area (Å²) in [4.78, 5) is 30.0. The fourth-order valence-electron chi connectivity index (χ4n) is 2.47. The quantitative estimate of drug-likeness (QED) is 0.824. The Balaban J connectivity index is 2.00. The Morgan fingerprint density at radius 2 is 1.88 bits per heavy atom. The Bertz CT molecular complexity index is 894. The van der Waals surface area contributed by atoms with Crippen molar-refractivity contribution in [2.45, 2.75) is 0 Å². The summed E-state index contributed by atoms with van der Waals surface area (Å²) in [7, 11) is 1.57. The lowest BCUT2D eigenvalue weighted by Gasteiger charge is -2.17. The van der Waals surface area contributed by atoms with Crippen LogP contribution in [0.1, 0.15) is 5.56 Å². The second-order valence-corrected chi connectivity index (χ2v) is 6.34. The van der Waals surface area contributed by atoms with Crippen LogP contribution in [0.4, 0.5) is 5.69 Å². The molecule has 0 aliphatic carbocycles. The van der Waals surface area contributed by atoms with Crippen LogP contribution in [0.5, 0.6) is 5.75 Å². The highest BCUT2D eigenvalue weighted by Crippen LogP contribution is 2.30. The van der Waals surface area contributed by atoms with Gasteiger partial charge in [-0.05, 0) is 24.3 Å². The van der Waals surface area contributed by atoms with Crippen LogP contribution in [0.15, 0.2) is 65.3 Å². The van der Waals surface area contributed by atoms with E-state index in [0.717, 1.165) is 17.3 Å². The first-order chi connectivity index (χ1) is 12.6. The van der Waals surface area contributed by atoms with Crippen LogP contribution >= 0.6 is 11.8 Å². The van der Waals surface area contributed by atoms with E-state index in [-0.39, 0.29) is 17.4 Å². The largest absolute Gasteiger partial charge is 0.496 e. The maximum Gasteiger partial charge on any atom is 0.283 e. The van der Waals surface area contributed by atoms with Crippen LogP contribution in [0.25, 0.3) is 6.08 Å². The SMILES string of the molecule is COc1ccccc1/C=C1\N=C(SCC(N)=O)N(c2ccccc2)C1=O. The summed E-state index contributed by atoms with van der Waals surface area (Å²) in [5, 5.41) is 0.418. The zero-order valence-electron chi connectivity index (χ0n) is 14.1. The van der Waals surface area contributed by atoms with E-state index in [1.165, 1.54) is 4.90 Å². The van der Waals surface area contributed by atoms with Crippen LogP contribution in [0.3, 0.4) is 0 Å². The number of carbonyl (C=O) groups is 2. The minimum absolute atomic E-state index is 0.0391. The molecule has 0 bridgehead atoms. The van der Waals surface area contributed by atoms with Gasteiger partial charge in [-0.2, -0.15) is 0 Å². The number of ether oxygens (including phenoxy) is 1. The first-order valence-corrected chi connectivity index (χ1v) is 8.82. The summed E-state index contributed by atoms with van der Waals surface area (Å²) in [6, 6.07) is 16.5. The molecule has 132 valence electrons. The molecule has 3 rings (SSSR count). The number of thioether (sulfide) groups is 1. The molecule has 0 saturated heterocycles. The third-order valence-electron chi connectivity index (χ3n) is 3.62. The average Bonchev–Trinajstić information content (AvgIpc) is 2.96. The highest BCUT2D eigenvalue weighted by atomic mass is 32.2. The van der Waals surface area contributed by atoms with Gasteiger partial charge in [-0.1, -0.05) is 48.2 Å². The summed E-state index contributed by atoms with van der Waals surface area (Å²) in [5.41, 5.74) is 6.93. The van der Waals surface area contributed by atoms with Gasteiger partial charge in [-0.3, -0.25) is 14.5 Å². The van der Waals surface area contributed by atoms with E-state index in [1.54, 1.807) is 13.2 Å². The normalized spacial score (nSPS) is 15.3. The molecule has 0 atom stereocenters. The van der Waals surface area contributed by atoms with Crippen LogP contribution in [0, 0.1) is 0 Å². The molecule has 1 heterocycles. The zero-order valence-corrected chi connectivity index (χ0v) is 14.9. The van der Waals surface area contributed by atoms with E-state index in [0.29, 0.717) is 16.6 Å². The highest BCUT2D eigenvalue weighted by Gasteiger charge is 2.32. The van der Waals surface area contributed by atoms with E-state index in [1.807, 2.05) is 54.6 Å². The predicted molar refractivity (Wildman–Crippen MR) is 104 cm³/mol. The van der Waals surface area contributed by atoms with Gasteiger partial charge in [0.05, 0.1) is 18.6 Å². The van der Waals surface area contributed by atoms with E-state index >= 15 is 0 Å². The molecule has 2 N–H and O–H groups in total. The van der Waals surface area contributed by atoms with Crippen molar-refractivity contribution in [3.8, 4) is 5.75 Å². The van der Waals surface area contributed by atoms with E-state index < -0.39 is 5.91 Å². The molecular weight excluding hydrogens is 350 g/mol. The molecule has 0 unspecified atom stereocenters. The van der Waals surface area contributed by atoms with Crippen molar-refractivity contribution in [3.63, 3.8) is 0 Å². The molecule has 2 aromatic carbocycles. The number of amides is 2. The van der Waals surface area contributed by atoms with Crippen molar-refractivity contribution < 1.29 is 14.3 Å². The molecular formula is C19H17N3O3S. The first kappa shape index (κ1) is 17.8. The lowest BCUT2D eigenvalue weighted by Crippen LogP contribution is -2.31. The third kappa shape index (κ3) is 3.78. The van der Waals surface area contributed by atoms with Gasteiger partial charge in [0.2, 0.25) is 5.91 Å². The van der Waals surface area contributed by atoms with E-state index in [9.17, 15) is 9.59 Å². The first-order valence-electron chi connectivity index (χ1n) is 7.84. The number of nitrogens with zero attached hydrogens (tertiary/aromatic N) is 2. The average molecular weight is 367 g/mol. The van der Waals surface area contributed by atoms with Crippen LogP contribution < -0.4 is 15.4 Å². The maximum atomic E-state index is 12.9. The van der Waals surface area contributed by atoms with Gasteiger partial charge in [0.1, 0.15) is 11.4 Å². The van der Waals surface area contributed by atoms with Gasteiger partial charge in [0.25, 0.3) is 5.91 Å². The summed E-state index contributed by atoms with van der Waals surface area (Å²) in [6.45, 7) is 0. The lowest BCUT2D eigenvalue weighted by molar-refractivity contribution is -0.115. The second kappa shape index (κ2) is 7.88. The standard InChI is InChI=1S/C19H17N3O3S/c1-25-16-10-6-5-7-13(16)11-15-18(24)22(14-8-3-2-4-9-14)19(21-15)26-12-17(20)23/h2-11H,12H2,1H3,(H2,20,23)/b15-11-. The number of hydrogen-bond acceptors (Lipinski definition) is 5. The molecule has 2 aromatic rings. The number of amidine groups is 1. The number of benzene rings is 2. The molecule has 0 saturated carbocycles. The van der Waals surface area contributed by atoms with Crippen molar-refractivity contribution in [2.75, 3.05) is 17.8 Å². The molecule has 0 radical (unpaired) electrons. The van der Waals surface area contributed by atoms with Gasteiger partial charge in [-0.15, -0.1) is 0 Å². The van der Waals surface area contributed by atoms with Gasteiger partial charge < -0.3 is 10.5 Å². The number of hydrogen-bond donors (Lipinski definition) is 1. The fourth-order valence-corrected chi connectivity index (χ4v) is 3.22. The third-order valence-corrected chi connectivity index (χ3v) is 4.58.